The molecular weight excluding hydrogens is 380 g/mol. The average Bonchev–Trinajstić information content (AvgIpc) is 2.84. The highest BCUT2D eigenvalue weighted by Crippen LogP contribution is 2.45. The van der Waals surface area contributed by atoms with Crippen LogP contribution >= 0.6 is 0 Å². The lowest BCUT2D eigenvalue weighted by Crippen LogP contribution is -2.31. The van der Waals surface area contributed by atoms with Crippen LogP contribution in [-0.2, 0) is 10.2 Å². The minimum absolute atomic E-state index is 0.450. The van der Waals surface area contributed by atoms with Gasteiger partial charge in [-0.1, -0.05) is 103 Å². The van der Waals surface area contributed by atoms with Crippen molar-refractivity contribution in [3.63, 3.8) is 0 Å². The molecule has 0 radical (unpaired) electrons. The zero-order valence-electron chi connectivity index (χ0n) is 16.9. The summed E-state index contributed by atoms with van der Waals surface area (Å²) in [6.45, 7) is 0. The Morgan fingerprint density at radius 3 is 1.45 bits per heavy atom. The van der Waals surface area contributed by atoms with Crippen LogP contribution in [0.2, 0.25) is 0 Å². The summed E-state index contributed by atoms with van der Waals surface area (Å²) in [7, 11) is 0. The summed E-state index contributed by atoms with van der Waals surface area (Å²) >= 11 is 0. The lowest BCUT2D eigenvalue weighted by Gasteiger charge is -2.37. The van der Waals surface area contributed by atoms with Crippen LogP contribution in [0.1, 0.15) is 38.2 Å². The van der Waals surface area contributed by atoms with Crippen LogP contribution in [0.5, 0.6) is 0 Å². The number of carbonyl (C=O) groups is 2. The van der Waals surface area contributed by atoms with E-state index < -0.39 is 17.0 Å². The van der Waals surface area contributed by atoms with Crippen molar-refractivity contribution in [2.75, 3.05) is 0 Å². The highest BCUT2D eigenvalue weighted by atomic mass is 16.2. The minimum Gasteiger partial charge on any atom is -0.286 e. The molecule has 31 heavy (non-hydrogen) atoms. The molecule has 0 amide bonds. The van der Waals surface area contributed by atoms with Gasteiger partial charge in [-0.25, -0.2) is 0 Å². The van der Waals surface area contributed by atoms with Gasteiger partial charge in [0.25, 0.3) is 0 Å². The van der Waals surface area contributed by atoms with Gasteiger partial charge in [-0.3, -0.25) is 9.59 Å². The van der Waals surface area contributed by atoms with Gasteiger partial charge in [-0.05, 0) is 46.0 Å². The molecule has 0 N–H and O–H groups in total. The van der Waals surface area contributed by atoms with E-state index in [0.29, 0.717) is 5.56 Å². The van der Waals surface area contributed by atoms with E-state index in [9.17, 15) is 9.59 Å². The Bertz CT molecular complexity index is 1190. The highest BCUT2D eigenvalue weighted by molar-refractivity contribution is 6.49. The molecule has 148 valence electrons. The van der Waals surface area contributed by atoms with E-state index in [1.54, 1.807) is 12.1 Å². The Hall–Kier alpha value is -4.04. The van der Waals surface area contributed by atoms with Crippen molar-refractivity contribution in [2.45, 2.75) is 5.41 Å². The molecule has 4 aromatic carbocycles. The molecule has 5 rings (SSSR count). The van der Waals surface area contributed by atoms with Crippen LogP contribution in [0, 0.1) is 0 Å². The number of hydrogen-bond donors (Lipinski definition) is 0. The van der Waals surface area contributed by atoms with Gasteiger partial charge in [0.05, 0.1) is 5.41 Å². The fourth-order valence-corrected chi connectivity index (χ4v) is 4.58. The summed E-state index contributed by atoms with van der Waals surface area (Å²) < 4.78 is 0. The summed E-state index contributed by atoms with van der Waals surface area (Å²) in [5.74, 6) is -0.922. The number of carbonyl (C=O) groups excluding carboxylic acids is 2. The maximum Gasteiger partial charge on any atom is 0.233 e. The first-order chi connectivity index (χ1) is 15.2. The first-order valence-electron chi connectivity index (χ1n) is 10.3. The van der Waals surface area contributed by atoms with Gasteiger partial charge in [0, 0.05) is 5.56 Å². The van der Waals surface area contributed by atoms with E-state index in [1.165, 1.54) is 6.08 Å². The van der Waals surface area contributed by atoms with Crippen molar-refractivity contribution >= 4 is 17.6 Å². The molecule has 0 heterocycles. The summed E-state index contributed by atoms with van der Waals surface area (Å²) in [4.78, 5) is 24.3. The van der Waals surface area contributed by atoms with Gasteiger partial charge < -0.3 is 0 Å². The maximum absolute atomic E-state index is 12.4. The maximum atomic E-state index is 12.4. The van der Waals surface area contributed by atoms with Crippen molar-refractivity contribution in [2.24, 2.45) is 0 Å². The van der Waals surface area contributed by atoms with Crippen LogP contribution < -0.4 is 0 Å². The molecule has 0 aromatic heterocycles. The first kappa shape index (κ1) is 19.0. The smallest absolute Gasteiger partial charge is 0.233 e. The Balaban J connectivity index is 1.87. The molecule has 2 nitrogen and oxygen atoms in total. The zero-order chi connectivity index (χ0) is 21.3. The lowest BCUT2D eigenvalue weighted by atomic mass is 9.64. The summed E-state index contributed by atoms with van der Waals surface area (Å²) in [6.07, 6.45) is 3.11. The van der Waals surface area contributed by atoms with Crippen molar-refractivity contribution < 1.29 is 9.59 Å². The second kappa shape index (κ2) is 7.66. The summed E-state index contributed by atoms with van der Waals surface area (Å²) in [5, 5.41) is 0. The molecule has 0 unspecified atom stereocenters. The fourth-order valence-electron chi connectivity index (χ4n) is 4.58. The van der Waals surface area contributed by atoms with Gasteiger partial charge in [-0.2, -0.15) is 0 Å². The Morgan fingerprint density at radius 2 is 0.968 bits per heavy atom. The van der Waals surface area contributed by atoms with Crippen molar-refractivity contribution in [1.82, 2.24) is 0 Å². The van der Waals surface area contributed by atoms with E-state index in [0.717, 1.165) is 27.8 Å². The van der Waals surface area contributed by atoms with Crippen LogP contribution in [0.15, 0.2) is 115 Å². The Labute approximate surface area is 181 Å². The van der Waals surface area contributed by atoms with E-state index in [1.807, 2.05) is 30.3 Å². The summed E-state index contributed by atoms with van der Waals surface area (Å²) in [5.41, 5.74) is 5.10. The van der Waals surface area contributed by atoms with Crippen LogP contribution in [-0.4, -0.2) is 11.6 Å². The second-order valence-electron chi connectivity index (χ2n) is 7.68. The van der Waals surface area contributed by atoms with E-state index in [4.69, 9.17) is 0 Å². The molecule has 4 aromatic rings. The molecule has 0 saturated heterocycles. The molecule has 0 fully saturated rings. The first-order valence-corrected chi connectivity index (χ1v) is 10.3. The van der Waals surface area contributed by atoms with Crippen molar-refractivity contribution in [1.29, 1.82) is 0 Å². The molecule has 0 bridgehead atoms. The van der Waals surface area contributed by atoms with E-state index >= 15 is 0 Å². The quantitative estimate of drug-likeness (QED) is 0.318. The van der Waals surface area contributed by atoms with E-state index in [-0.39, 0.29) is 0 Å². The van der Waals surface area contributed by atoms with Crippen LogP contribution in [0.3, 0.4) is 0 Å². The third kappa shape index (κ3) is 3.04. The molecule has 0 saturated carbocycles. The van der Waals surface area contributed by atoms with Gasteiger partial charge in [-0.15, -0.1) is 0 Å². The molecular formula is C29H20O2. The molecule has 0 atom stereocenters. The molecule has 0 spiro atoms. The summed E-state index contributed by atoms with van der Waals surface area (Å²) in [6, 6.07) is 37.0. The number of rotatable bonds is 4. The number of ketones is 2. The molecule has 1 aliphatic rings. The van der Waals surface area contributed by atoms with Crippen LogP contribution in [0.25, 0.3) is 6.08 Å². The number of hydrogen-bond acceptors (Lipinski definition) is 2. The van der Waals surface area contributed by atoms with Gasteiger partial charge in [0.1, 0.15) is 0 Å². The van der Waals surface area contributed by atoms with Crippen molar-refractivity contribution in [3.05, 3.63) is 149 Å². The topological polar surface area (TPSA) is 34.1 Å². The predicted octanol–water partition coefficient (Wildman–Crippen LogP) is 5.85. The SMILES string of the molecule is O=C1C=Cc2cc(C(c3ccccc3)(c3ccccc3)c3ccccc3)ccc2C1=O. The third-order valence-electron chi connectivity index (χ3n) is 5.99. The number of allylic oxidation sites excluding steroid dienone is 1. The van der Waals surface area contributed by atoms with Gasteiger partial charge in [0.2, 0.25) is 11.6 Å². The number of benzene rings is 4. The standard InChI is InChI=1S/C29H20O2/c30-27-19-16-21-20-25(17-18-26(21)28(27)31)29(22-10-4-1-5-11-22,23-12-6-2-7-13-23)24-14-8-3-9-15-24/h1-20H. The minimum atomic E-state index is -0.572. The molecule has 2 heteroatoms. The highest BCUT2D eigenvalue weighted by Gasteiger charge is 2.38. The molecule has 0 aliphatic heterocycles. The van der Waals surface area contributed by atoms with Gasteiger partial charge >= 0.3 is 0 Å². The zero-order valence-corrected chi connectivity index (χ0v) is 16.9. The van der Waals surface area contributed by atoms with Gasteiger partial charge in [0.15, 0.2) is 0 Å². The predicted molar refractivity (Wildman–Crippen MR) is 123 cm³/mol. The number of fused-ring (bicyclic) bond motifs is 1. The normalized spacial score (nSPS) is 13.2. The monoisotopic (exact) mass is 400 g/mol. The fraction of sp³-hybridized carbons (Fsp3) is 0.0345. The van der Waals surface area contributed by atoms with Crippen LogP contribution in [0.4, 0.5) is 0 Å². The third-order valence-corrected chi connectivity index (χ3v) is 5.99. The second-order valence-corrected chi connectivity index (χ2v) is 7.68. The Kier molecular flexibility index (Phi) is 4.68. The largest absolute Gasteiger partial charge is 0.286 e. The average molecular weight is 400 g/mol. The Morgan fingerprint density at radius 1 is 0.484 bits per heavy atom. The molecule has 1 aliphatic carbocycles. The van der Waals surface area contributed by atoms with Crippen molar-refractivity contribution in [3.8, 4) is 0 Å². The van der Waals surface area contributed by atoms with E-state index in [2.05, 4.69) is 72.8 Å². The lowest BCUT2D eigenvalue weighted by molar-refractivity contribution is -0.110. The number of Topliss-reactive ketones (excluding diaryl/α,β-unsaturated/α-hetero) is 1.